The van der Waals surface area contributed by atoms with Crippen LogP contribution in [0.3, 0.4) is 0 Å². The summed E-state index contributed by atoms with van der Waals surface area (Å²) in [5, 5.41) is 2.94. The number of amides is 1. The molecule has 122 valence electrons. The molecular formula is C17H27N3O2. The van der Waals surface area contributed by atoms with Crippen molar-refractivity contribution in [3.05, 3.63) is 29.8 Å². The van der Waals surface area contributed by atoms with E-state index >= 15 is 0 Å². The molecular weight excluding hydrogens is 278 g/mol. The van der Waals surface area contributed by atoms with Crippen molar-refractivity contribution in [2.45, 2.75) is 12.8 Å². The minimum atomic E-state index is 0.124. The van der Waals surface area contributed by atoms with Gasteiger partial charge in [-0.25, -0.2) is 0 Å². The van der Waals surface area contributed by atoms with Crippen molar-refractivity contribution in [2.24, 2.45) is 0 Å². The van der Waals surface area contributed by atoms with E-state index in [-0.39, 0.29) is 5.91 Å². The monoisotopic (exact) mass is 305 g/mol. The summed E-state index contributed by atoms with van der Waals surface area (Å²) < 4.78 is 5.37. The average Bonchev–Trinajstić information content (AvgIpc) is 2.54. The first kappa shape index (κ1) is 16.8. The summed E-state index contributed by atoms with van der Waals surface area (Å²) in [7, 11) is 4.00. The first-order valence-corrected chi connectivity index (χ1v) is 7.98. The Hall–Kier alpha value is -1.59. The number of hydrogen-bond donors (Lipinski definition) is 1. The van der Waals surface area contributed by atoms with E-state index < -0.39 is 0 Å². The van der Waals surface area contributed by atoms with Crippen LogP contribution in [0.25, 0.3) is 0 Å². The predicted molar refractivity (Wildman–Crippen MR) is 89.4 cm³/mol. The fraction of sp³-hybridized carbons (Fsp3) is 0.588. The zero-order valence-electron chi connectivity index (χ0n) is 13.7. The topological polar surface area (TPSA) is 44.8 Å². The van der Waals surface area contributed by atoms with Gasteiger partial charge >= 0.3 is 0 Å². The largest absolute Gasteiger partial charge is 0.378 e. The molecule has 1 saturated heterocycles. The van der Waals surface area contributed by atoms with E-state index in [1.165, 1.54) is 11.3 Å². The molecule has 0 unspecified atom stereocenters. The molecule has 0 aliphatic carbocycles. The molecule has 22 heavy (non-hydrogen) atoms. The standard InChI is InChI=1S/C17H27N3O2/c1-19(2)10-9-18-17(21)8-5-15-3-6-16(7-4-15)20-11-13-22-14-12-20/h3-4,6-7H,5,8-14H2,1-2H3,(H,18,21). The summed E-state index contributed by atoms with van der Waals surface area (Å²) in [4.78, 5) is 16.2. The number of nitrogens with one attached hydrogen (secondary N) is 1. The lowest BCUT2D eigenvalue weighted by Gasteiger charge is -2.28. The quantitative estimate of drug-likeness (QED) is 0.820. The molecule has 1 aromatic rings. The number of likely N-dealkylation sites (N-methyl/N-ethyl adjacent to an activating group) is 1. The normalized spacial score (nSPS) is 15.1. The van der Waals surface area contributed by atoms with Crippen molar-refractivity contribution in [1.82, 2.24) is 10.2 Å². The number of carbonyl (C=O) groups excluding carboxylic acids is 1. The van der Waals surface area contributed by atoms with Gasteiger partial charge in [0.05, 0.1) is 13.2 Å². The maximum absolute atomic E-state index is 11.8. The zero-order chi connectivity index (χ0) is 15.8. The van der Waals surface area contributed by atoms with Gasteiger partial charge in [-0.1, -0.05) is 12.1 Å². The maximum atomic E-state index is 11.8. The number of rotatable bonds is 7. The van der Waals surface area contributed by atoms with Crippen LogP contribution in [0.1, 0.15) is 12.0 Å². The van der Waals surface area contributed by atoms with Gasteiger partial charge in [0.1, 0.15) is 0 Å². The molecule has 0 bridgehead atoms. The summed E-state index contributed by atoms with van der Waals surface area (Å²) >= 11 is 0. The molecule has 2 rings (SSSR count). The van der Waals surface area contributed by atoms with Crippen molar-refractivity contribution in [1.29, 1.82) is 0 Å². The van der Waals surface area contributed by atoms with E-state index in [0.29, 0.717) is 13.0 Å². The third-order valence-electron chi connectivity index (χ3n) is 3.83. The van der Waals surface area contributed by atoms with Gasteiger partial charge in [-0.3, -0.25) is 4.79 Å². The Balaban J connectivity index is 1.73. The maximum Gasteiger partial charge on any atom is 0.220 e. The number of ether oxygens (including phenoxy) is 1. The summed E-state index contributed by atoms with van der Waals surface area (Å²) in [6.07, 6.45) is 1.33. The van der Waals surface area contributed by atoms with Crippen LogP contribution in [0.5, 0.6) is 0 Å². The number of benzene rings is 1. The lowest BCUT2D eigenvalue weighted by Crippen LogP contribution is -2.36. The molecule has 1 fully saturated rings. The van der Waals surface area contributed by atoms with Crippen LogP contribution in [0.4, 0.5) is 5.69 Å². The number of anilines is 1. The second kappa shape index (κ2) is 8.76. The summed E-state index contributed by atoms with van der Waals surface area (Å²) in [5.41, 5.74) is 2.45. The molecule has 1 heterocycles. The van der Waals surface area contributed by atoms with Gasteiger partial charge < -0.3 is 19.9 Å². The fourth-order valence-electron chi connectivity index (χ4n) is 2.46. The Kier molecular flexibility index (Phi) is 6.68. The highest BCUT2D eigenvalue weighted by Crippen LogP contribution is 2.17. The van der Waals surface area contributed by atoms with Crippen LogP contribution >= 0.6 is 0 Å². The Morgan fingerprint density at radius 1 is 1.23 bits per heavy atom. The van der Waals surface area contributed by atoms with Crippen molar-refractivity contribution in [3.8, 4) is 0 Å². The number of nitrogens with zero attached hydrogens (tertiary/aromatic N) is 2. The SMILES string of the molecule is CN(C)CCNC(=O)CCc1ccc(N2CCOCC2)cc1. The second-order valence-electron chi connectivity index (χ2n) is 5.92. The van der Waals surface area contributed by atoms with Crippen molar-refractivity contribution < 1.29 is 9.53 Å². The molecule has 1 amide bonds. The first-order valence-electron chi connectivity index (χ1n) is 7.98. The number of morpholine rings is 1. The van der Waals surface area contributed by atoms with Crippen LogP contribution in [-0.4, -0.2) is 64.3 Å². The van der Waals surface area contributed by atoms with Gasteiger partial charge in [0.15, 0.2) is 0 Å². The van der Waals surface area contributed by atoms with Crippen LogP contribution < -0.4 is 10.2 Å². The molecule has 1 aliphatic heterocycles. The number of hydrogen-bond acceptors (Lipinski definition) is 4. The second-order valence-corrected chi connectivity index (χ2v) is 5.92. The van der Waals surface area contributed by atoms with Crippen molar-refractivity contribution in [3.63, 3.8) is 0 Å². The lowest BCUT2D eigenvalue weighted by molar-refractivity contribution is -0.121. The van der Waals surface area contributed by atoms with Crippen molar-refractivity contribution in [2.75, 3.05) is 58.4 Å². The Bertz CT molecular complexity index is 453. The minimum Gasteiger partial charge on any atom is -0.378 e. The first-order chi connectivity index (χ1) is 10.6. The molecule has 0 atom stereocenters. The number of carbonyl (C=O) groups is 1. The smallest absolute Gasteiger partial charge is 0.220 e. The van der Waals surface area contributed by atoms with Crippen LogP contribution in [0.2, 0.25) is 0 Å². The van der Waals surface area contributed by atoms with Gasteiger partial charge in [-0.2, -0.15) is 0 Å². The van der Waals surface area contributed by atoms with Gasteiger partial charge in [-0.15, -0.1) is 0 Å². The van der Waals surface area contributed by atoms with Gasteiger partial charge in [0, 0.05) is 38.3 Å². The van der Waals surface area contributed by atoms with Crippen LogP contribution in [0, 0.1) is 0 Å². The van der Waals surface area contributed by atoms with Gasteiger partial charge in [0.25, 0.3) is 0 Å². The molecule has 1 N–H and O–H groups in total. The number of aryl methyl sites for hydroxylation is 1. The molecule has 0 saturated carbocycles. The van der Waals surface area contributed by atoms with Gasteiger partial charge in [-0.05, 0) is 38.2 Å². The highest BCUT2D eigenvalue weighted by atomic mass is 16.5. The fourth-order valence-corrected chi connectivity index (χ4v) is 2.46. The van der Waals surface area contributed by atoms with E-state index in [2.05, 4.69) is 39.4 Å². The molecule has 5 nitrogen and oxygen atoms in total. The Morgan fingerprint density at radius 2 is 1.91 bits per heavy atom. The van der Waals surface area contributed by atoms with Crippen LogP contribution in [-0.2, 0) is 16.0 Å². The molecule has 5 heteroatoms. The highest BCUT2D eigenvalue weighted by Gasteiger charge is 2.10. The molecule has 0 aromatic heterocycles. The van der Waals surface area contributed by atoms with Crippen LogP contribution in [0.15, 0.2) is 24.3 Å². The average molecular weight is 305 g/mol. The van der Waals surface area contributed by atoms with E-state index in [0.717, 1.165) is 39.3 Å². The van der Waals surface area contributed by atoms with E-state index in [9.17, 15) is 4.79 Å². The summed E-state index contributed by atoms with van der Waals surface area (Å²) in [5.74, 6) is 0.124. The van der Waals surface area contributed by atoms with E-state index in [4.69, 9.17) is 4.74 Å². The Labute approximate surface area is 133 Å². The molecule has 1 aromatic carbocycles. The summed E-state index contributed by atoms with van der Waals surface area (Å²) in [6, 6.07) is 8.53. The molecule has 0 spiro atoms. The van der Waals surface area contributed by atoms with E-state index in [1.807, 2.05) is 14.1 Å². The lowest BCUT2D eigenvalue weighted by atomic mass is 10.1. The zero-order valence-corrected chi connectivity index (χ0v) is 13.7. The predicted octanol–water partition coefficient (Wildman–Crippen LogP) is 1.13. The third kappa shape index (κ3) is 5.66. The highest BCUT2D eigenvalue weighted by molar-refractivity contribution is 5.76. The molecule has 1 aliphatic rings. The molecule has 0 radical (unpaired) electrons. The Morgan fingerprint density at radius 3 is 2.55 bits per heavy atom. The summed E-state index contributed by atoms with van der Waals surface area (Å²) in [6.45, 7) is 5.09. The third-order valence-corrected chi connectivity index (χ3v) is 3.83. The van der Waals surface area contributed by atoms with Crippen molar-refractivity contribution >= 4 is 11.6 Å². The van der Waals surface area contributed by atoms with E-state index in [1.54, 1.807) is 0 Å². The minimum absolute atomic E-state index is 0.124. The van der Waals surface area contributed by atoms with Gasteiger partial charge in [0.2, 0.25) is 5.91 Å².